The van der Waals surface area contributed by atoms with E-state index in [0.717, 1.165) is 0 Å². The third-order valence-corrected chi connectivity index (χ3v) is 2.49. The van der Waals surface area contributed by atoms with Crippen LogP contribution in [-0.2, 0) is 9.47 Å². The molecule has 5 heteroatoms. The molecule has 0 aliphatic rings. The molecule has 0 atom stereocenters. The van der Waals surface area contributed by atoms with Crippen LogP contribution in [0, 0.1) is 0 Å². The van der Waals surface area contributed by atoms with Crippen molar-refractivity contribution >= 4 is 16.9 Å². The summed E-state index contributed by atoms with van der Waals surface area (Å²) >= 11 is 0. The van der Waals surface area contributed by atoms with Crippen LogP contribution in [0.2, 0.25) is 0 Å². The fourth-order valence-electron chi connectivity index (χ4n) is 1.67. The first-order valence-electron chi connectivity index (χ1n) is 5.50. The molecule has 94 valence electrons. The number of aromatic nitrogens is 1. The predicted octanol–water partition coefficient (Wildman–Crippen LogP) is 1.33. The van der Waals surface area contributed by atoms with Gasteiger partial charge in [0.1, 0.15) is 6.61 Å². The molecular formula is C13H13NO4. The normalized spacial score (nSPS) is 10.5. The van der Waals surface area contributed by atoms with Crippen molar-refractivity contribution in [1.29, 1.82) is 0 Å². The SMILES string of the molecule is COCCOC(=O)c1cc(=O)[nH]c2ccccc12. The molecule has 1 aromatic carbocycles. The van der Waals surface area contributed by atoms with Crippen LogP contribution in [0.15, 0.2) is 35.1 Å². The Balaban J connectivity index is 2.37. The monoisotopic (exact) mass is 247 g/mol. The van der Waals surface area contributed by atoms with E-state index >= 15 is 0 Å². The van der Waals surface area contributed by atoms with Crippen molar-refractivity contribution in [2.75, 3.05) is 20.3 Å². The molecule has 0 aliphatic heterocycles. The minimum absolute atomic E-state index is 0.163. The van der Waals surface area contributed by atoms with Gasteiger partial charge < -0.3 is 14.5 Å². The third-order valence-electron chi connectivity index (χ3n) is 2.49. The van der Waals surface area contributed by atoms with Gasteiger partial charge in [-0.15, -0.1) is 0 Å². The number of hydrogen-bond acceptors (Lipinski definition) is 4. The van der Waals surface area contributed by atoms with Gasteiger partial charge in [-0.2, -0.15) is 0 Å². The number of esters is 1. The maximum Gasteiger partial charge on any atom is 0.339 e. The van der Waals surface area contributed by atoms with Crippen molar-refractivity contribution in [3.05, 3.63) is 46.2 Å². The number of H-pyrrole nitrogens is 1. The van der Waals surface area contributed by atoms with Gasteiger partial charge in [-0.25, -0.2) is 4.79 Å². The number of methoxy groups -OCH3 is 1. The Morgan fingerprint density at radius 2 is 2.06 bits per heavy atom. The first kappa shape index (κ1) is 12.3. The number of rotatable bonds is 4. The van der Waals surface area contributed by atoms with E-state index in [0.29, 0.717) is 17.5 Å². The molecule has 0 unspecified atom stereocenters. The molecule has 5 nitrogen and oxygen atoms in total. The zero-order valence-corrected chi connectivity index (χ0v) is 9.93. The van der Waals surface area contributed by atoms with Gasteiger partial charge in [0.05, 0.1) is 12.2 Å². The van der Waals surface area contributed by atoms with Crippen LogP contribution in [-0.4, -0.2) is 31.3 Å². The van der Waals surface area contributed by atoms with E-state index in [1.807, 2.05) is 0 Å². The molecule has 0 radical (unpaired) electrons. The number of carbonyl (C=O) groups excluding carboxylic acids is 1. The fourth-order valence-corrected chi connectivity index (χ4v) is 1.67. The highest BCUT2D eigenvalue weighted by molar-refractivity contribution is 6.03. The zero-order chi connectivity index (χ0) is 13.0. The number of carbonyl (C=O) groups is 1. The van der Waals surface area contributed by atoms with E-state index in [1.165, 1.54) is 13.2 Å². The van der Waals surface area contributed by atoms with Crippen LogP contribution >= 0.6 is 0 Å². The van der Waals surface area contributed by atoms with E-state index < -0.39 is 5.97 Å². The predicted molar refractivity (Wildman–Crippen MR) is 66.7 cm³/mol. The summed E-state index contributed by atoms with van der Waals surface area (Å²) in [6.07, 6.45) is 0. The Hall–Kier alpha value is -2.14. The van der Waals surface area contributed by atoms with E-state index in [2.05, 4.69) is 4.98 Å². The average molecular weight is 247 g/mol. The first-order valence-corrected chi connectivity index (χ1v) is 5.50. The molecule has 0 saturated heterocycles. The van der Waals surface area contributed by atoms with Gasteiger partial charge in [-0.3, -0.25) is 4.79 Å². The topological polar surface area (TPSA) is 68.4 Å². The number of pyridine rings is 1. The lowest BCUT2D eigenvalue weighted by atomic mass is 10.1. The quantitative estimate of drug-likeness (QED) is 0.653. The average Bonchev–Trinajstić information content (AvgIpc) is 2.38. The molecule has 1 heterocycles. The zero-order valence-electron chi connectivity index (χ0n) is 9.93. The van der Waals surface area contributed by atoms with Crippen LogP contribution in [0.3, 0.4) is 0 Å². The summed E-state index contributed by atoms with van der Waals surface area (Å²) in [5.41, 5.74) is 0.557. The van der Waals surface area contributed by atoms with Crippen molar-refractivity contribution in [3.8, 4) is 0 Å². The Morgan fingerprint density at radius 1 is 1.28 bits per heavy atom. The summed E-state index contributed by atoms with van der Waals surface area (Å²) in [6.45, 7) is 0.489. The molecule has 0 amide bonds. The van der Waals surface area contributed by atoms with Gasteiger partial charge in [0.2, 0.25) is 5.56 Å². The molecule has 18 heavy (non-hydrogen) atoms. The summed E-state index contributed by atoms with van der Waals surface area (Å²) < 4.78 is 9.81. The molecule has 1 aromatic heterocycles. The summed E-state index contributed by atoms with van der Waals surface area (Å²) in [7, 11) is 1.52. The van der Waals surface area contributed by atoms with Crippen LogP contribution < -0.4 is 5.56 Å². The molecule has 0 aliphatic carbocycles. The van der Waals surface area contributed by atoms with Gasteiger partial charge in [0.15, 0.2) is 0 Å². The standard InChI is InChI=1S/C13H13NO4/c1-17-6-7-18-13(16)10-8-12(15)14-11-5-3-2-4-9(10)11/h2-5,8H,6-7H2,1H3,(H,14,15). The van der Waals surface area contributed by atoms with Crippen LogP contribution in [0.5, 0.6) is 0 Å². The minimum atomic E-state index is -0.519. The van der Waals surface area contributed by atoms with Gasteiger partial charge in [-0.05, 0) is 6.07 Å². The summed E-state index contributed by atoms with van der Waals surface area (Å²) in [5, 5.41) is 0.666. The van der Waals surface area contributed by atoms with Gasteiger partial charge in [-0.1, -0.05) is 18.2 Å². The molecule has 0 saturated carbocycles. The Kier molecular flexibility index (Phi) is 3.74. The van der Waals surface area contributed by atoms with Crippen molar-refractivity contribution < 1.29 is 14.3 Å². The van der Waals surface area contributed by atoms with E-state index in [9.17, 15) is 9.59 Å². The van der Waals surface area contributed by atoms with Crippen LogP contribution in [0.4, 0.5) is 0 Å². The Bertz CT molecular complexity index is 618. The van der Waals surface area contributed by atoms with Crippen LogP contribution in [0.1, 0.15) is 10.4 Å². The molecule has 1 N–H and O–H groups in total. The summed E-state index contributed by atoms with van der Waals surface area (Å²) in [5.74, 6) is -0.519. The molecule has 0 fully saturated rings. The Labute approximate surface area is 103 Å². The number of nitrogens with one attached hydrogen (secondary N) is 1. The molecule has 0 bridgehead atoms. The Morgan fingerprint density at radius 3 is 2.83 bits per heavy atom. The summed E-state index contributed by atoms with van der Waals surface area (Å²) in [6, 6.07) is 8.34. The molecule has 0 spiro atoms. The highest BCUT2D eigenvalue weighted by Crippen LogP contribution is 2.15. The lowest BCUT2D eigenvalue weighted by Gasteiger charge is -2.06. The van der Waals surface area contributed by atoms with Crippen molar-refractivity contribution in [3.63, 3.8) is 0 Å². The first-order chi connectivity index (χ1) is 8.72. The van der Waals surface area contributed by atoms with Crippen LogP contribution in [0.25, 0.3) is 10.9 Å². The second kappa shape index (κ2) is 5.46. The molecule has 2 rings (SSSR count). The number of fused-ring (bicyclic) bond motifs is 1. The fraction of sp³-hybridized carbons (Fsp3) is 0.231. The lowest BCUT2D eigenvalue weighted by molar-refractivity contribution is 0.0390. The largest absolute Gasteiger partial charge is 0.460 e. The highest BCUT2D eigenvalue weighted by atomic mass is 16.6. The maximum absolute atomic E-state index is 11.9. The number of aromatic amines is 1. The summed E-state index contributed by atoms with van der Waals surface area (Å²) in [4.78, 5) is 26.0. The maximum atomic E-state index is 11.9. The van der Waals surface area contributed by atoms with Gasteiger partial charge in [0.25, 0.3) is 0 Å². The minimum Gasteiger partial charge on any atom is -0.460 e. The van der Waals surface area contributed by atoms with Gasteiger partial charge >= 0.3 is 5.97 Å². The van der Waals surface area contributed by atoms with Gasteiger partial charge in [0, 0.05) is 24.1 Å². The smallest absolute Gasteiger partial charge is 0.339 e. The van der Waals surface area contributed by atoms with E-state index in [4.69, 9.17) is 9.47 Å². The second-order valence-electron chi connectivity index (χ2n) is 3.72. The lowest BCUT2D eigenvalue weighted by Crippen LogP contribution is -2.14. The van der Waals surface area contributed by atoms with E-state index in [-0.39, 0.29) is 17.7 Å². The molecular weight excluding hydrogens is 234 g/mol. The van der Waals surface area contributed by atoms with Crippen molar-refractivity contribution in [1.82, 2.24) is 4.98 Å². The van der Waals surface area contributed by atoms with Crippen molar-refractivity contribution in [2.45, 2.75) is 0 Å². The molecule has 2 aromatic rings. The number of hydrogen-bond donors (Lipinski definition) is 1. The number of benzene rings is 1. The second-order valence-corrected chi connectivity index (χ2v) is 3.72. The third kappa shape index (κ3) is 2.57. The van der Waals surface area contributed by atoms with Crippen molar-refractivity contribution in [2.24, 2.45) is 0 Å². The van der Waals surface area contributed by atoms with E-state index in [1.54, 1.807) is 24.3 Å². The highest BCUT2D eigenvalue weighted by Gasteiger charge is 2.12. The number of ether oxygens (including phenoxy) is 2. The number of para-hydroxylation sites is 1.